The summed E-state index contributed by atoms with van der Waals surface area (Å²) in [4.78, 5) is 156. The first-order valence-corrected chi connectivity index (χ1v) is 22.8. The lowest BCUT2D eigenvalue weighted by molar-refractivity contribution is -0.146. The number of amides is 11. The number of carbonyl (C=O) groups excluding carboxylic acids is 11. The molecule has 11 amide bonds. The summed E-state index contributed by atoms with van der Waals surface area (Å²) in [6.07, 6.45) is -3.11. The number of nitrogens with zero attached hydrogens (tertiary/aromatic N) is 1. The monoisotopic (exact) mass is 1000 g/mol. The van der Waals surface area contributed by atoms with Gasteiger partial charge in [0.2, 0.25) is 65.0 Å². The predicted octanol–water partition coefficient (Wildman–Crippen LogP) is -6.13. The molecule has 0 radical (unpaired) electrons. The highest BCUT2D eigenvalue weighted by molar-refractivity contribution is 5.99. The Kier molecular flexibility index (Phi) is 24.5. The van der Waals surface area contributed by atoms with Crippen LogP contribution in [0.3, 0.4) is 0 Å². The van der Waals surface area contributed by atoms with Gasteiger partial charge in [0.05, 0.1) is 25.2 Å². The molecule has 0 spiro atoms. The number of aliphatic hydroxyl groups excluding tert-OH is 2. The highest BCUT2D eigenvalue weighted by Gasteiger charge is 2.41. The van der Waals surface area contributed by atoms with Crippen molar-refractivity contribution >= 4 is 70.9 Å². The molecule has 71 heavy (non-hydrogen) atoms. The summed E-state index contributed by atoms with van der Waals surface area (Å²) in [5.41, 5.74) is 22.0. The van der Waals surface area contributed by atoms with Crippen LogP contribution < -0.4 is 60.2 Å². The zero-order valence-electron chi connectivity index (χ0n) is 40.0. The minimum Gasteiger partial charge on any atom is -0.480 e. The average molecular weight is 1010 g/mol. The first-order chi connectivity index (χ1) is 33.2. The molecule has 0 aliphatic carbocycles. The second-order valence-electron chi connectivity index (χ2n) is 17.6. The van der Waals surface area contributed by atoms with E-state index in [1.165, 1.54) is 11.8 Å². The Labute approximate surface area is 409 Å². The second kappa shape index (κ2) is 29.0. The molecule has 1 saturated heterocycles. The van der Waals surface area contributed by atoms with E-state index in [2.05, 4.69) is 37.2 Å². The molecule has 1 aliphatic rings. The fraction of sp³-hybridized carbons (Fsp3) is 0.591. The van der Waals surface area contributed by atoms with Crippen molar-refractivity contribution in [1.82, 2.24) is 42.1 Å². The third-order valence-electron chi connectivity index (χ3n) is 11.1. The van der Waals surface area contributed by atoms with Crippen LogP contribution in [0.5, 0.6) is 0 Å². The number of carbonyl (C=O) groups is 12. The van der Waals surface area contributed by atoms with Gasteiger partial charge in [-0.25, -0.2) is 4.79 Å². The van der Waals surface area contributed by atoms with Crippen LogP contribution in [0.1, 0.15) is 84.6 Å². The van der Waals surface area contributed by atoms with Crippen LogP contribution in [-0.2, 0) is 64.0 Å². The number of aliphatic carboxylic acids is 1. The number of hydrogen-bond donors (Lipinski definition) is 14. The van der Waals surface area contributed by atoms with Gasteiger partial charge < -0.3 is 80.4 Å². The Morgan fingerprint density at radius 2 is 1.18 bits per heavy atom. The van der Waals surface area contributed by atoms with Crippen molar-refractivity contribution in [3.05, 3.63) is 35.9 Å². The minimum absolute atomic E-state index is 0.0328. The lowest BCUT2D eigenvalue weighted by Gasteiger charge is -2.31. The molecule has 0 saturated carbocycles. The number of nitrogens with two attached hydrogens (primary N) is 4. The van der Waals surface area contributed by atoms with Crippen LogP contribution in [0.25, 0.3) is 0 Å². The Balaban J connectivity index is 2.30. The quantitative estimate of drug-likeness (QED) is 0.0341. The van der Waals surface area contributed by atoms with Crippen LogP contribution in [-0.4, -0.2) is 165 Å². The Bertz CT molecular complexity index is 2090. The summed E-state index contributed by atoms with van der Waals surface area (Å²) in [7, 11) is 0. The summed E-state index contributed by atoms with van der Waals surface area (Å²) in [5.74, 6) is -12.1. The van der Waals surface area contributed by atoms with E-state index in [1.807, 2.05) is 0 Å². The van der Waals surface area contributed by atoms with E-state index >= 15 is 0 Å². The van der Waals surface area contributed by atoms with E-state index in [-0.39, 0.29) is 57.4 Å². The number of rotatable bonds is 30. The molecule has 1 fully saturated rings. The van der Waals surface area contributed by atoms with Gasteiger partial charge in [0, 0.05) is 25.8 Å². The molecule has 0 bridgehead atoms. The lowest BCUT2D eigenvalue weighted by Crippen LogP contribution is -2.61. The van der Waals surface area contributed by atoms with E-state index in [9.17, 15) is 72.9 Å². The fourth-order valence-electron chi connectivity index (χ4n) is 7.25. The van der Waals surface area contributed by atoms with Gasteiger partial charge in [-0.3, -0.25) is 52.7 Å². The van der Waals surface area contributed by atoms with E-state index in [1.54, 1.807) is 44.2 Å². The van der Waals surface area contributed by atoms with Crippen LogP contribution in [0.2, 0.25) is 0 Å². The number of hydrogen-bond acceptors (Lipinski definition) is 15. The van der Waals surface area contributed by atoms with Gasteiger partial charge in [0.1, 0.15) is 42.3 Å². The van der Waals surface area contributed by atoms with Crippen molar-refractivity contribution in [2.45, 2.75) is 146 Å². The number of benzene rings is 1. The SMILES string of the molecule is CC(C)C[C@H](NC(=O)[C@@H]1CCCN1C(=O)[C@H](Cc1ccccc1)NC(=O)[C@H](CO)NC(=O)[C@H](CC(N)=O)NC(=O)[C@H](C)NC(=O)[C@H](CCC(N)=O)NC(=O)[C@@H](N)CCC(N)=O)C(=O)N[C@H](C(=O)O)[C@@H](C)O. The molecule has 0 aromatic heterocycles. The maximum atomic E-state index is 14.4. The Morgan fingerprint density at radius 3 is 1.73 bits per heavy atom. The van der Waals surface area contributed by atoms with Crippen molar-refractivity contribution in [3.8, 4) is 0 Å². The van der Waals surface area contributed by atoms with E-state index in [4.69, 9.17) is 22.9 Å². The molecule has 1 aromatic carbocycles. The molecular formula is C44H68N12O15. The van der Waals surface area contributed by atoms with Crippen LogP contribution in [0.15, 0.2) is 30.3 Å². The third kappa shape index (κ3) is 20.3. The standard InChI is InChI=1S/C44H68N12O15/c1-21(2)17-27(40(66)55-35(23(4)58)44(70)71)52-42(68)31-11-8-16-56(31)43(69)29(18-24-9-6-5-7-10-24)53-41(67)30(20-57)54-39(65)28(19-34(48)61)51-36(62)22(3)49-38(64)26(13-15-33(47)60)50-37(63)25(45)12-14-32(46)59/h5-7,9-10,21-23,25-31,35,57-58H,8,11-20,45H2,1-4H3,(H2,46,59)(H2,47,60)(H2,48,61)(H,49,64)(H,50,63)(H,51,62)(H,52,68)(H,53,67)(H,54,65)(H,55,66)(H,70,71)/t22-,23+,25-,26-,27-,28-,29-,30-,31-,35-/m0/s1. The van der Waals surface area contributed by atoms with Gasteiger partial charge in [-0.15, -0.1) is 0 Å². The number of aliphatic hydroxyl groups is 2. The molecule has 1 aromatic rings. The molecule has 1 heterocycles. The molecule has 2 rings (SSSR count). The molecule has 0 unspecified atom stereocenters. The van der Waals surface area contributed by atoms with Crippen molar-refractivity contribution in [2.75, 3.05) is 13.2 Å². The zero-order valence-corrected chi connectivity index (χ0v) is 40.0. The van der Waals surface area contributed by atoms with Crippen LogP contribution >= 0.6 is 0 Å². The molecular weight excluding hydrogens is 937 g/mol. The Hall–Kier alpha value is -7.26. The van der Waals surface area contributed by atoms with Gasteiger partial charge in [-0.1, -0.05) is 44.2 Å². The summed E-state index contributed by atoms with van der Waals surface area (Å²) in [5, 5.41) is 46.1. The molecule has 27 nitrogen and oxygen atoms in total. The maximum Gasteiger partial charge on any atom is 0.328 e. The average Bonchev–Trinajstić information content (AvgIpc) is 3.79. The normalized spacial score (nSPS) is 17.0. The highest BCUT2D eigenvalue weighted by Crippen LogP contribution is 2.21. The maximum absolute atomic E-state index is 14.4. The number of likely N-dealkylation sites (tertiary alicyclic amines) is 1. The topological polar surface area (TPSA) is 457 Å². The lowest BCUT2D eigenvalue weighted by atomic mass is 10.0. The van der Waals surface area contributed by atoms with Gasteiger partial charge in [-0.2, -0.15) is 0 Å². The summed E-state index contributed by atoms with van der Waals surface area (Å²) in [6.45, 7) is 4.80. The predicted molar refractivity (Wildman–Crippen MR) is 249 cm³/mol. The third-order valence-corrected chi connectivity index (χ3v) is 11.1. The Morgan fingerprint density at radius 1 is 0.648 bits per heavy atom. The number of carboxylic acids is 1. The van der Waals surface area contributed by atoms with Crippen molar-refractivity contribution in [3.63, 3.8) is 0 Å². The number of carboxylic acid groups (broad SMARTS) is 1. The van der Waals surface area contributed by atoms with E-state index in [0.29, 0.717) is 12.0 Å². The molecule has 10 atom stereocenters. The van der Waals surface area contributed by atoms with Crippen LogP contribution in [0.4, 0.5) is 0 Å². The van der Waals surface area contributed by atoms with Crippen LogP contribution in [0, 0.1) is 5.92 Å². The van der Waals surface area contributed by atoms with Gasteiger partial charge in [0.25, 0.3) is 0 Å². The molecule has 1 aliphatic heterocycles. The summed E-state index contributed by atoms with van der Waals surface area (Å²) in [6, 6.07) is -5.10. The smallest absolute Gasteiger partial charge is 0.328 e. The zero-order chi connectivity index (χ0) is 53.7. The fourth-order valence-corrected chi connectivity index (χ4v) is 7.25. The van der Waals surface area contributed by atoms with Gasteiger partial charge >= 0.3 is 5.97 Å². The van der Waals surface area contributed by atoms with Crippen molar-refractivity contribution < 1.29 is 72.9 Å². The second-order valence-corrected chi connectivity index (χ2v) is 17.6. The minimum atomic E-state index is -1.83. The largest absolute Gasteiger partial charge is 0.480 e. The van der Waals surface area contributed by atoms with E-state index < -0.39 is 144 Å². The first-order valence-electron chi connectivity index (χ1n) is 22.8. The van der Waals surface area contributed by atoms with Crippen molar-refractivity contribution in [1.29, 1.82) is 0 Å². The molecule has 18 N–H and O–H groups in total. The van der Waals surface area contributed by atoms with Gasteiger partial charge in [-0.05, 0) is 57.4 Å². The molecule has 27 heteroatoms. The van der Waals surface area contributed by atoms with E-state index in [0.717, 1.165) is 6.92 Å². The number of primary amides is 3. The summed E-state index contributed by atoms with van der Waals surface area (Å²) >= 11 is 0. The number of nitrogens with one attached hydrogen (secondary N) is 7. The first kappa shape index (κ1) is 59.9. The van der Waals surface area contributed by atoms with Gasteiger partial charge in [0.15, 0.2) is 6.04 Å². The van der Waals surface area contributed by atoms with Crippen molar-refractivity contribution in [2.24, 2.45) is 28.9 Å². The summed E-state index contributed by atoms with van der Waals surface area (Å²) < 4.78 is 0. The highest BCUT2D eigenvalue weighted by atomic mass is 16.4. The molecule has 394 valence electrons.